The van der Waals surface area contributed by atoms with Gasteiger partial charge in [0.2, 0.25) is 15.0 Å². The number of aromatic nitrogens is 2. The quantitative estimate of drug-likeness (QED) is 0.600. The number of rotatable bonds is 11. The molecule has 0 unspecified atom stereocenters. The van der Waals surface area contributed by atoms with Gasteiger partial charge in [0.25, 0.3) is 0 Å². The predicted molar refractivity (Wildman–Crippen MR) is 103 cm³/mol. The predicted octanol–water partition coefficient (Wildman–Crippen LogP) is 2.99. The fourth-order valence-corrected chi connectivity index (χ4v) is 3.66. The van der Waals surface area contributed by atoms with E-state index in [1.165, 1.54) is 0 Å². The van der Waals surface area contributed by atoms with Crippen molar-refractivity contribution in [1.29, 1.82) is 0 Å². The van der Waals surface area contributed by atoms with Crippen LogP contribution in [0.5, 0.6) is 5.75 Å². The topological polar surface area (TPSA) is 64.4 Å². The summed E-state index contributed by atoms with van der Waals surface area (Å²) in [6.07, 6.45) is 3.62. The highest BCUT2D eigenvalue weighted by atomic mass is 32.2. The molecule has 0 fully saturated rings. The average Bonchev–Trinajstić information content (AvgIpc) is 3.04. The van der Waals surface area contributed by atoms with Crippen LogP contribution in [0.4, 0.5) is 0 Å². The molecule has 7 heteroatoms. The van der Waals surface area contributed by atoms with Crippen molar-refractivity contribution in [3.05, 3.63) is 42.2 Å². The summed E-state index contributed by atoms with van der Waals surface area (Å²) in [6.45, 7) is 6.37. The molecule has 0 N–H and O–H groups in total. The SMILES string of the molecule is CCCCn1c(CN(C)CCOc2ccccc2)cnc1S(=O)(=O)CC. The Bertz CT molecular complexity index is 773. The lowest BCUT2D eigenvalue weighted by Gasteiger charge is -2.19. The van der Waals surface area contributed by atoms with Crippen molar-refractivity contribution >= 4 is 9.84 Å². The standard InChI is InChI=1S/C19H29N3O3S/c1-4-6-12-22-17(15-20-19(22)26(23,24)5-2)16-21(3)13-14-25-18-10-8-7-9-11-18/h7-11,15H,4-6,12-14,16H2,1-3H3. The summed E-state index contributed by atoms with van der Waals surface area (Å²) in [6, 6.07) is 9.71. The van der Waals surface area contributed by atoms with E-state index in [1.54, 1.807) is 13.1 Å². The first-order valence-corrected chi connectivity index (χ1v) is 10.8. The summed E-state index contributed by atoms with van der Waals surface area (Å²) in [4.78, 5) is 6.33. The van der Waals surface area contributed by atoms with Crippen molar-refractivity contribution in [1.82, 2.24) is 14.5 Å². The van der Waals surface area contributed by atoms with Crippen molar-refractivity contribution in [2.45, 2.75) is 44.9 Å². The third-order valence-electron chi connectivity index (χ3n) is 4.21. The summed E-state index contributed by atoms with van der Waals surface area (Å²) >= 11 is 0. The molecule has 0 saturated carbocycles. The van der Waals surface area contributed by atoms with Gasteiger partial charge >= 0.3 is 0 Å². The second kappa shape index (κ2) is 9.73. The minimum Gasteiger partial charge on any atom is -0.492 e. The third-order valence-corrected chi connectivity index (χ3v) is 5.85. The number of para-hydroxylation sites is 1. The molecule has 144 valence electrons. The maximum Gasteiger partial charge on any atom is 0.227 e. The van der Waals surface area contributed by atoms with Crippen LogP contribution < -0.4 is 4.74 Å². The molecular formula is C19H29N3O3S. The van der Waals surface area contributed by atoms with Gasteiger partial charge in [-0.15, -0.1) is 0 Å². The molecule has 0 bridgehead atoms. The van der Waals surface area contributed by atoms with Gasteiger partial charge in [-0.25, -0.2) is 13.4 Å². The summed E-state index contributed by atoms with van der Waals surface area (Å²) < 4.78 is 32.2. The number of hydrogen-bond donors (Lipinski definition) is 0. The number of benzene rings is 1. The number of likely N-dealkylation sites (N-methyl/N-ethyl adjacent to an activating group) is 1. The highest BCUT2D eigenvalue weighted by molar-refractivity contribution is 7.91. The molecule has 0 aliphatic carbocycles. The zero-order chi connectivity index (χ0) is 19.0. The van der Waals surface area contributed by atoms with Crippen LogP contribution >= 0.6 is 0 Å². The number of hydrogen-bond acceptors (Lipinski definition) is 5. The van der Waals surface area contributed by atoms with E-state index in [0.717, 1.165) is 30.8 Å². The van der Waals surface area contributed by atoms with Crippen LogP contribution in [0, 0.1) is 0 Å². The molecule has 2 rings (SSSR count). The van der Waals surface area contributed by atoms with Crippen LogP contribution in [0.25, 0.3) is 0 Å². The molecule has 1 heterocycles. The lowest BCUT2D eigenvalue weighted by atomic mass is 10.3. The minimum absolute atomic E-state index is 0.0658. The van der Waals surface area contributed by atoms with E-state index in [0.29, 0.717) is 19.7 Å². The molecule has 0 atom stereocenters. The first kappa shape index (κ1) is 20.5. The van der Waals surface area contributed by atoms with Crippen LogP contribution in [-0.2, 0) is 22.9 Å². The first-order chi connectivity index (χ1) is 12.5. The van der Waals surface area contributed by atoms with E-state index >= 15 is 0 Å². The van der Waals surface area contributed by atoms with Gasteiger partial charge < -0.3 is 9.30 Å². The van der Waals surface area contributed by atoms with E-state index in [9.17, 15) is 8.42 Å². The summed E-state index contributed by atoms with van der Waals surface area (Å²) in [5.41, 5.74) is 0.924. The Morgan fingerprint density at radius 3 is 2.58 bits per heavy atom. The van der Waals surface area contributed by atoms with Crippen LogP contribution in [0.3, 0.4) is 0 Å². The van der Waals surface area contributed by atoms with Gasteiger partial charge in [-0.3, -0.25) is 4.90 Å². The molecule has 0 aliphatic heterocycles. The Kier molecular flexibility index (Phi) is 7.66. The van der Waals surface area contributed by atoms with Gasteiger partial charge in [-0.1, -0.05) is 38.5 Å². The highest BCUT2D eigenvalue weighted by Gasteiger charge is 2.21. The van der Waals surface area contributed by atoms with Crippen LogP contribution in [0.15, 0.2) is 41.7 Å². The van der Waals surface area contributed by atoms with E-state index in [1.807, 2.05) is 41.9 Å². The van der Waals surface area contributed by atoms with Crippen molar-refractivity contribution in [3.63, 3.8) is 0 Å². The fraction of sp³-hybridized carbons (Fsp3) is 0.526. The molecule has 1 aromatic carbocycles. The number of sulfone groups is 1. The van der Waals surface area contributed by atoms with Crippen molar-refractivity contribution in [2.24, 2.45) is 0 Å². The first-order valence-electron chi connectivity index (χ1n) is 9.11. The van der Waals surface area contributed by atoms with Crippen LogP contribution in [0.2, 0.25) is 0 Å². The molecular weight excluding hydrogens is 350 g/mol. The Labute approximate surface area is 156 Å². The number of ether oxygens (including phenoxy) is 1. The molecule has 0 radical (unpaired) electrons. The molecule has 1 aromatic heterocycles. The van der Waals surface area contributed by atoms with Crippen LogP contribution in [0.1, 0.15) is 32.4 Å². The Hall–Kier alpha value is -1.86. The molecule has 26 heavy (non-hydrogen) atoms. The largest absolute Gasteiger partial charge is 0.492 e. The molecule has 0 spiro atoms. The summed E-state index contributed by atoms with van der Waals surface area (Å²) in [5.74, 6) is 0.918. The van der Waals surface area contributed by atoms with Crippen molar-refractivity contribution in [2.75, 3.05) is 26.0 Å². The molecule has 0 amide bonds. The van der Waals surface area contributed by atoms with E-state index in [4.69, 9.17) is 4.74 Å². The van der Waals surface area contributed by atoms with E-state index in [2.05, 4.69) is 16.8 Å². The second-order valence-corrected chi connectivity index (χ2v) is 8.51. The average molecular weight is 380 g/mol. The normalized spacial score (nSPS) is 11.8. The Morgan fingerprint density at radius 1 is 1.19 bits per heavy atom. The number of imidazole rings is 1. The van der Waals surface area contributed by atoms with Gasteiger partial charge in [0, 0.05) is 19.6 Å². The smallest absolute Gasteiger partial charge is 0.227 e. The Morgan fingerprint density at radius 2 is 1.92 bits per heavy atom. The lowest BCUT2D eigenvalue weighted by molar-refractivity contribution is 0.229. The number of nitrogens with zero attached hydrogens (tertiary/aromatic N) is 3. The van der Waals surface area contributed by atoms with Gasteiger partial charge in [-0.2, -0.15) is 0 Å². The zero-order valence-electron chi connectivity index (χ0n) is 15.9. The van der Waals surface area contributed by atoms with Gasteiger partial charge in [0.05, 0.1) is 17.6 Å². The molecule has 0 saturated heterocycles. The fourth-order valence-electron chi connectivity index (χ4n) is 2.64. The number of unbranched alkanes of at least 4 members (excludes halogenated alkanes) is 1. The van der Waals surface area contributed by atoms with Gasteiger partial charge in [0.15, 0.2) is 0 Å². The van der Waals surface area contributed by atoms with Crippen molar-refractivity contribution in [3.8, 4) is 5.75 Å². The van der Waals surface area contributed by atoms with E-state index in [-0.39, 0.29) is 10.9 Å². The van der Waals surface area contributed by atoms with E-state index < -0.39 is 9.84 Å². The maximum atomic E-state index is 12.3. The minimum atomic E-state index is -3.32. The summed E-state index contributed by atoms with van der Waals surface area (Å²) in [7, 11) is -1.32. The molecule has 0 aliphatic rings. The zero-order valence-corrected chi connectivity index (χ0v) is 16.7. The monoisotopic (exact) mass is 379 g/mol. The third kappa shape index (κ3) is 5.57. The second-order valence-electron chi connectivity index (χ2n) is 6.34. The van der Waals surface area contributed by atoms with Crippen molar-refractivity contribution < 1.29 is 13.2 Å². The van der Waals surface area contributed by atoms with Crippen LogP contribution in [-0.4, -0.2) is 48.8 Å². The molecule has 2 aromatic rings. The summed E-state index contributed by atoms with van der Waals surface area (Å²) in [5, 5.41) is 0.192. The maximum absolute atomic E-state index is 12.3. The highest BCUT2D eigenvalue weighted by Crippen LogP contribution is 2.16. The van der Waals surface area contributed by atoms with Gasteiger partial charge in [0.1, 0.15) is 12.4 Å². The molecule has 6 nitrogen and oxygen atoms in total. The lowest BCUT2D eigenvalue weighted by Crippen LogP contribution is -2.25. The Balaban J connectivity index is 2.00. The van der Waals surface area contributed by atoms with Gasteiger partial charge in [-0.05, 0) is 25.6 Å².